The van der Waals surface area contributed by atoms with Gasteiger partial charge in [0, 0.05) is 16.0 Å². The van der Waals surface area contributed by atoms with Gasteiger partial charge in [0.05, 0.1) is 0 Å². The molecule has 0 saturated carbocycles. The molecule has 0 unspecified atom stereocenters. The Hall–Kier alpha value is -1.58. The van der Waals surface area contributed by atoms with Crippen LogP contribution in [-0.2, 0) is 0 Å². The fourth-order valence-electron chi connectivity index (χ4n) is 1.97. The quantitative estimate of drug-likeness (QED) is 0.604. The van der Waals surface area contributed by atoms with E-state index < -0.39 is 0 Å². The van der Waals surface area contributed by atoms with E-state index in [0.29, 0.717) is 27.5 Å². The van der Waals surface area contributed by atoms with Crippen molar-refractivity contribution in [3.05, 3.63) is 45.8 Å². The predicted octanol–water partition coefficient (Wildman–Crippen LogP) is 4.81. The van der Waals surface area contributed by atoms with Crippen LogP contribution < -0.4 is 0 Å². The largest absolute Gasteiger partial charge is 0.454 e. The smallest absolute Gasteiger partial charge is 0.154 e. The van der Waals surface area contributed by atoms with Crippen molar-refractivity contribution in [3.8, 4) is 11.5 Å². The van der Waals surface area contributed by atoms with Gasteiger partial charge in [0.2, 0.25) is 0 Å². The highest BCUT2D eigenvalue weighted by atomic mass is 35.5. The Kier molecular flexibility index (Phi) is 2.96. The molecule has 5 heteroatoms. The molecule has 3 rings (SSSR count). The van der Waals surface area contributed by atoms with E-state index in [1.807, 2.05) is 25.1 Å². The van der Waals surface area contributed by atoms with E-state index in [2.05, 4.69) is 9.97 Å². The van der Waals surface area contributed by atoms with Gasteiger partial charge in [-0.25, -0.2) is 9.97 Å². The lowest BCUT2D eigenvalue weighted by molar-refractivity contribution is 0.627. The van der Waals surface area contributed by atoms with E-state index in [1.165, 1.54) is 0 Å². The van der Waals surface area contributed by atoms with Gasteiger partial charge >= 0.3 is 0 Å². The highest BCUT2D eigenvalue weighted by molar-refractivity contribution is 6.31. The SMILES string of the molecule is Cc1nc(Cl)c(C)c(-c2cc3cc(Cl)ccc3o2)n1. The van der Waals surface area contributed by atoms with Crippen molar-refractivity contribution in [1.29, 1.82) is 0 Å². The summed E-state index contributed by atoms with van der Waals surface area (Å²) in [5.41, 5.74) is 2.29. The van der Waals surface area contributed by atoms with E-state index in [1.54, 1.807) is 13.0 Å². The molecule has 0 aliphatic carbocycles. The number of rotatable bonds is 1. The number of benzene rings is 1. The molecule has 0 atom stereocenters. The molecule has 3 nitrogen and oxygen atoms in total. The first kappa shape index (κ1) is 12.5. The third-order valence-corrected chi connectivity index (χ3v) is 3.51. The fraction of sp³-hybridized carbons (Fsp3) is 0.143. The maximum atomic E-state index is 6.08. The van der Waals surface area contributed by atoms with Crippen molar-refractivity contribution in [2.75, 3.05) is 0 Å². The second kappa shape index (κ2) is 4.51. The van der Waals surface area contributed by atoms with Gasteiger partial charge in [-0.2, -0.15) is 0 Å². The number of fused-ring (bicyclic) bond motifs is 1. The van der Waals surface area contributed by atoms with Crippen LogP contribution in [0.4, 0.5) is 0 Å². The molecular weight excluding hydrogens is 283 g/mol. The minimum atomic E-state index is 0.445. The average molecular weight is 293 g/mol. The first-order valence-corrected chi connectivity index (χ1v) is 6.50. The van der Waals surface area contributed by atoms with Crippen LogP contribution >= 0.6 is 23.2 Å². The highest BCUT2D eigenvalue weighted by Gasteiger charge is 2.14. The maximum Gasteiger partial charge on any atom is 0.154 e. The summed E-state index contributed by atoms with van der Waals surface area (Å²) in [5.74, 6) is 1.28. The summed E-state index contributed by atoms with van der Waals surface area (Å²) in [7, 11) is 0. The molecule has 0 spiro atoms. The van der Waals surface area contributed by atoms with Crippen LogP contribution in [0.1, 0.15) is 11.4 Å². The zero-order valence-electron chi connectivity index (χ0n) is 10.4. The lowest BCUT2D eigenvalue weighted by Gasteiger charge is -2.04. The lowest BCUT2D eigenvalue weighted by atomic mass is 10.2. The third kappa shape index (κ3) is 2.20. The Balaban J connectivity index is 2.24. The van der Waals surface area contributed by atoms with Crippen LogP contribution in [-0.4, -0.2) is 9.97 Å². The van der Waals surface area contributed by atoms with Crippen LogP contribution in [0, 0.1) is 13.8 Å². The van der Waals surface area contributed by atoms with E-state index in [0.717, 1.165) is 16.5 Å². The average Bonchev–Trinajstić information content (AvgIpc) is 2.76. The molecule has 96 valence electrons. The Morgan fingerprint density at radius 3 is 2.63 bits per heavy atom. The van der Waals surface area contributed by atoms with Gasteiger partial charge in [0.15, 0.2) is 5.76 Å². The van der Waals surface area contributed by atoms with Crippen molar-refractivity contribution in [3.63, 3.8) is 0 Å². The first-order chi connectivity index (χ1) is 9.04. The van der Waals surface area contributed by atoms with Gasteiger partial charge < -0.3 is 4.42 Å². The van der Waals surface area contributed by atoms with E-state index in [-0.39, 0.29) is 0 Å². The Bertz CT molecular complexity index is 780. The molecule has 0 aliphatic rings. The molecule has 1 aromatic carbocycles. The topological polar surface area (TPSA) is 38.9 Å². The monoisotopic (exact) mass is 292 g/mol. The first-order valence-electron chi connectivity index (χ1n) is 5.75. The number of furan rings is 1. The van der Waals surface area contributed by atoms with Gasteiger partial charge in [-0.3, -0.25) is 0 Å². The minimum absolute atomic E-state index is 0.445. The summed E-state index contributed by atoms with van der Waals surface area (Å²) < 4.78 is 5.79. The standard InChI is InChI=1S/C14H10Cl2N2O/c1-7-13(17-8(2)18-14(7)16)12-6-9-5-10(15)3-4-11(9)19-12/h3-6H,1-2H3. The van der Waals surface area contributed by atoms with Gasteiger partial charge in [-0.1, -0.05) is 23.2 Å². The molecule has 0 amide bonds. The molecule has 3 aromatic rings. The number of aryl methyl sites for hydroxylation is 1. The predicted molar refractivity (Wildman–Crippen MR) is 76.7 cm³/mol. The van der Waals surface area contributed by atoms with Crippen LogP contribution in [0.3, 0.4) is 0 Å². The van der Waals surface area contributed by atoms with Crippen LogP contribution in [0.15, 0.2) is 28.7 Å². The fourth-order valence-corrected chi connectivity index (χ4v) is 2.36. The number of halogens is 2. The molecule has 0 N–H and O–H groups in total. The van der Waals surface area contributed by atoms with Crippen LogP contribution in [0.2, 0.25) is 10.2 Å². The van der Waals surface area contributed by atoms with Crippen molar-refractivity contribution in [2.45, 2.75) is 13.8 Å². The van der Waals surface area contributed by atoms with E-state index in [4.69, 9.17) is 27.6 Å². The zero-order chi connectivity index (χ0) is 13.6. The summed E-state index contributed by atoms with van der Waals surface area (Å²) in [5, 5.41) is 2.06. The normalized spacial score (nSPS) is 11.2. The number of aromatic nitrogens is 2. The van der Waals surface area contributed by atoms with Crippen molar-refractivity contribution in [2.24, 2.45) is 0 Å². The third-order valence-electron chi connectivity index (χ3n) is 2.91. The molecule has 19 heavy (non-hydrogen) atoms. The summed E-state index contributed by atoms with van der Waals surface area (Å²) in [6, 6.07) is 7.40. The van der Waals surface area contributed by atoms with Crippen LogP contribution in [0.5, 0.6) is 0 Å². The zero-order valence-corrected chi connectivity index (χ0v) is 11.9. The number of hydrogen-bond acceptors (Lipinski definition) is 3. The van der Waals surface area contributed by atoms with Gasteiger partial charge in [0.25, 0.3) is 0 Å². The van der Waals surface area contributed by atoms with Crippen molar-refractivity contribution < 1.29 is 4.42 Å². The molecule has 0 radical (unpaired) electrons. The Labute approximate surface area is 120 Å². The number of nitrogens with zero attached hydrogens (tertiary/aromatic N) is 2. The summed E-state index contributed by atoms with van der Waals surface area (Å²) in [6.07, 6.45) is 0. The van der Waals surface area contributed by atoms with Crippen molar-refractivity contribution in [1.82, 2.24) is 9.97 Å². The molecular formula is C14H10Cl2N2O. The highest BCUT2D eigenvalue weighted by Crippen LogP contribution is 2.31. The Morgan fingerprint density at radius 2 is 1.84 bits per heavy atom. The van der Waals surface area contributed by atoms with Crippen LogP contribution in [0.25, 0.3) is 22.4 Å². The van der Waals surface area contributed by atoms with Gasteiger partial charge in [-0.15, -0.1) is 0 Å². The minimum Gasteiger partial charge on any atom is -0.454 e. The lowest BCUT2D eigenvalue weighted by Crippen LogP contribution is -1.95. The molecule has 0 bridgehead atoms. The second-order valence-electron chi connectivity index (χ2n) is 4.33. The van der Waals surface area contributed by atoms with E-state index in [9.17, 15) is 0 Å². The van der Waals surface area contributed by atoms with E-state index >= 15 is 0 Å². The summed E-state index contributed by atoms with van der Waals surface area (Å²) in [4.78, 5) is 8.52. The maximum absolute atomic E-state index is 6.08. The molecule has 2 heterocycles. The summed E-state index contributed by atoms with van der Waals surface area (Å²) in [6.45, 7) is 3.67. The molecule has 0 aliphatic heterocycles. The van der Waals surface area contributed by atoms with Gasteiger partial charge in [-0.05, 0) is 38.1 Å². The molecule has 0 fully saturated rings. The summed E-state index contributed by atoms with van der Waals surface area (Å²) >= 11 is 12.0. The molecule has 0 saturated heterocycles. The Morgan fingerprint density at radius 1 is 1.05 bits per heavy atom. The van der Waals surface area contributed by atoms with Crippen molar-refractivity contribution >= 4 is 34.2 Å². The number of hydrogen-bond donors (Lipinski definition) is 0. The van der Waals surface area contributed by atoms with Gasteiger partial charge in [0.1, 0.15) is 22.3 Å². The second-order valence-corrected chi connectivity index (χ2v) is 5.12. The molecule has 2 aromatic heterocycles.